The van der Waals surface area contributed by atoms with E-state index in [0.717, 1.165) is 18.4 Å². The van der Waals surface area contributed by atoms with E-state index in [0.29, 0.717) is 38.5 Å². The molecule has 2 aliphatic heterocycles. The highest BCUT2D eigenvalue weighted by atomic mass is 32.2. The Balaban J connectivity index is 1.72. The van der Waals surface area contributed by atoms with Gasteiger partial charge in [0.05, 0.1) is 19.1 Å². The van der Waals surface area contributed by atoms with E-state index in [1.807, 2.05) is 11.8 Å². The number of carbonyl (C=O) groups excluding carboxylic acids is 1. The summed E-state index contributed by atoms with van der Waals surface area (Å²) in [4.78, 5) is 14.4. The van der Waals surface area contributed by atoms with Crippen LogP contribution in [-0.4, -0.2) is 69.7 Å². The lowest BCUT2D eigenvalue weighted by atomic mass is 9.71. The zero-order chi connectivity index (χ0) is 18.2. The van der Waals surface area contributed by atoms with Crippen LogP contribution in [0.1, 0.15) is 29.0 Å². The molecule has 0 aliphatic carbocycles. The van der Waals surface area contributed by atoms with Crippen molar-refractivity contribution in [2.45, 2.75) is 19.8 Å². The highest BCUT2D eigenvalue weighted by Gasteiger charge is 2.50. The largest absolute Gasteiger partial charge is 0.459 e. The molecule has 7 nitrogen and oxygen atoms in total. The number of amides is 1. The van der Waals surface area contributed by atoms with Crippen molar-refractivity contribution in [3.63, 3.8) is 0 Å². The lowest BCUT2D eigenvalue weighted by Gasteiger charge is -2.42. The van der Waals surface area contributed by atoms with Crippen molar-refractivity contribution in [1.29, 1.82) is 0 Å². The van der Waals surface area contributed by atoms with E-state index >= 15 is 0 Å². The second kappa shape index (κ2) is 6.74. The van der Waals surface area contributed by atoms with Crippen LogP contribution in [0.5, 0.6) is 0 Å². The van der Waals surface area contributed by atoms with Crippen LogP contribution in [0.15, 0.2) is 16.7 Å². The van der Waals surface area contributed by atoms with Crippen LogP contribution in [0, 0.1) is 18.3 Å². The minimum Gasteiger partial charge on any atom is -0.459 e. The Morgan fingerprint density at radius 3 is 2.60 bits per heavy atom. The van der Waals surface area contributed by atoms with Crippen LogP contribution in [0.3, 0.4) is 0 Å². The molecule has 1 amide bonds. The molecule has 3 heterocycles. The second-order valence-corrected chi connectivity index (χ2v) is 9.28. The molecular formula is C17H26N2O5S. The van der Waals surface area contributed by atoms with E-state index in [1.54, 1.807) is 17.5 Å². The minimum atomic E-state index is -3.22. The van der Waals surface area contributed by atoms with Gasteiger partial charge in [-0.1, -0.05) is 0 Å². The maximum absolute atomic E-state index is 12.6. The van der Waals surface area contributed by atoms with Crippen molar-refractivity contribution >= 4 is 15.9 Å². The monoisotopic (exact) mass is 370 g/mol. The molecule has 0 radical (unpaired) electrons. The number of furan rings is 1. The van der Waals surface area contributed by atoms with Crippen molar-refractivity contribution in [3.8, 4) is 0 Å². The fourth-order valence-electron chi connectivity index (χ4n) is 4.12. The number of nitrogens with zero attached hydrogens (tertiary/aromatic N) is 2. The van der Waals surface area contributed by atoms with Crippen LogP contribution >= 0.6 is 0 Å². The van der Waals surface area contributed by atoms with Gasteiger partial charge in [0.15, 0.2) is 5.76 Å². The van der Waals surface area contributed by atoms with Crippen LogP contribution in [0.2, 0.25) is 0 Å². The van der Waals surface area contributed by atoms with Crippen molar-refractivity contribution in [1.82, 2.24) is 9.21 Å². The molecule has 1 atom stereocenters. The molecule has 0 N–H and O–H groups in total. The average Bonchev–Trinajstić information content (AvgIpc) is 3.13. The predicted octanol–water partition coefficient (Wildman–Crippen LogP) is 1.35. The third-order valence-electron chi connectivity index (χ3n) is 5.72. The quantitative estimate of drug-likeness (QED) is 0.799. The molecule has 3 rings (SSSR count). The molecule has 1 aromatic heterocycles. The molecule has 2 saturated heterocycles. The standard InChI is InChI=1S/C17H26N2O5S/c1-13-4-9-24-15(13)16(20)18-7-5-17(6-8-18)12-19(25(3,21)22)10-14(17)11-23-2/h4,9,14H,5-8,10-12H2,1-3H3/t14-/m0/s1. The van der Waals surface area contributed by atoms with Gasteiger partial charge in [-0.15, -0.1) is 0 Å². The third kappa shape index (κ3) is 3.47. The number of hydrogen-bond acceptors (Lipinski definition) is 5. The van der Waals surface area contributed by atoms with E-state index in [-0.39, 0.29) is 17.2 Å². The summed E-state index contributed by atoms with van der Waals surface area (Å²) in [5.74, 6) is 0.474. The maximum Gasteiger partial charge on any atom is 0.289 e. The average molecular weight is 370 g/mol. The number of likely N-dealkylation sites (tertiary alicyclic amines) is 1. The predicted molar refractivity (Wildman–Crippen MR) is 92.8 cm³/mol. The third-order valence-corrected chi connectivity index (χ3v) is 6.94. The molecular weight excluding hydrogens is 344 g/mol. The Kier molecular flexibility index (Phi) is 4.96. The van der Waals surface area contributed by atoms with Gasteiger partial charge in [-0.3, -0.25) is 4.79 Å². The Bertz CT molecular complexity index is 734. The number of hydrogen-bond donors (Lipinski definition) is 0. The topological polar surface area (TPSA) is 80.1 Å². The summed E-state index contributed by atoms with van der Waals surface area (Å²) in [5.41, 5.74) is 0.723. The number of sulfonamides is 1. The van der Waals surface area contributed by atoms with Crippen LogP contribution < -0.4 is 0 Å². The Morgan fingerprint density at radius 2 is 2.08 bits per heavy atom. The number of rotatable bonds is 4. The van der Waals surface area contributed by atoms with Crippen LogP contribution in [0.4, 0.5) is 0 Å². The highest BCUT2D eigenvalue weighted by Crippen LogP contribution is 2.45. The van der Waals surface area contributed by atoms with Gasteiger partial charge in [-0.05, 0) is 31.2 Å². The fourth-order valence-corrected chi connectivity index (χ4v) is 5.07. The number of carbonyl (C=O) groups is 1. The van der Waals surface area contributed by atoms with E-state index < -0.39 is 10.0 Å². The fraction of sp³-hybridized carbons (Fsp3) is 0.706. The highest BCUT2D eigenvalue weighted by molar-refractivity contribution is 7.88. The van der Waals surface area contributed by atoms with Gasteiger partial charge in [-0.2, -0.15) is 0 Å². The van der Waals surface area contributed by atoms with Crippen molar-refractivity contribution in [3.05, 3.63) is 23.7 Å². The van der Waals surface area contributed by atoms with E-state index in [1.165, 1.54) is 12.5 Å². The number of piperidine rings is 1. The van der Waals surface area contributed by atoms with Gasteiger partial charge in [-0.25, -0.2) is 12.7 Å². The molecule has 1 spiro atoms. The van der Waals surface area contributed by atoms with Gasteiger partial charge in [0.25, 0.3) is 5.91 Å². The minimum absolute atomic E-state index is 0.0846. The van der Waals surface area contributed by atoms with E-state index in [2.05, 4.69) is 0 Å². The normalized spacial score (nSPS) is 24.1. The molecule has 0 bridgehead atoms. The molecule has 0 saturated carbocycles. The van der Waals surface area contributed by atoms with Gasteiger partial charge in [0.2, 0.25) is 10.0 Å². The van der Waals surface area contributed by atoms with Crippen molar-refractivity contribution in [2.24, 2.45) is 11.3 Å². The van der Waals surface area contributed by atoms with Crippen LogP contribution in [-0.2, 0) is 14.8 Å². The summed E-state index contributed by atoms with van der Waals surface area (Å²) in [6, 6.07) is 1.79. The second-order valence-electron chi connectivity index (χ2n) is 7.30. The lowest BCUT2D eigenvalue weighted by Crippen LogP contribution is -2.47. The van der Waals surface area contributed by atoms with Crippen LogP contribution in [0.25, 0.3) is 0 Å². The van der Waals surface area contributed by atoms with Gasteiger partial charge >= 0.3 is 0 Å². The lowest BCUT2D eigenvalue weighted by molar-refractivity contribution is 0.0311. The first-order valence-electron chi connectivity index (χ1n) is 8.54. The zero-order valence-corrected chi connectivity index (χ0v) is 15.8. The van der Waals surface area contributed by atoms with Gasteiger partial charge in [0.1, 0.15) is 0 Å². The summed E-state index contributed by atoms with van der Waals surface area (Å²) >= 11 is 0. The Labute approximate surface area is 149 Å². The molecule has 2 aliphatic rings. The number of ether oxygens (including phenoxy) is 1. The first-order chi connectivity index (χ1) is 11.8. The Hall–Kier alpha value is -1.38. The smallest absolute Gasteiger partial charge is 0.289 e. The first-order valence-corrected chi connectivity index (χ1v) is 10.4. The SMILES string of the molecule is COC[C@@H]1CN(S(C)(=O)=O)CC12CCN(C(=O)c1occc1C)CC2. The molecule has 0 aromatic carbocycles. The molecule has 25 heavy (non-hydrogen) atoms. The molecule has 0 unspecified atom stereocenters. The summed E-state index contributed by atoms with van der Waals surface area (Å²) in [7, 11) is -1.57. The van der Waals surface area contributed by atoms with Crippen molar-refractivity contribution in [2.75, 3.05) is 46.2 Å². The van der Waals surface area contributed by atoms with Gasteiger partial charge in [0, 0.05) is 44.8 Å². The number of aryl methyl sites for hydroxylation is 1. The molecule has 8 heteroatoms. The summed E-state index contributed by atoms with van der Waals surface area (Å²) in [6.45, 7) is 4.63. The molecule has 2 fully saturated rings. The van der Waals surface area contributed by atoms with Gasteiger partial charge < -0.3 is 14.1 Å². The van der Waals surface area contributed by atoms with E-state index in [9.17, 15) is 13.2 Å². The number of methoxy groups -OCH3 is 1. The summed E-state index contributed by atoms with van der Waals surface area (Å²) in [6.07, 6.45) is 4.34. The van der Waals surface area contributed by atoms with E-state index in [4.69, 9.17) is 9.15 Å². The Morgan fingerprint density at radius 1 is 1.40 bits per heavy atom. The summed E-state index contributed by atoms with van der Waals surface area (Å²) < 4.78 is 36.2. The zero-order valence-electron chi connectivity index (χ0n) is 15.0. The molecule has 140 valence electrons. The van der Waals surface area contributed by atoms with Crippen molar-refractivity contribution < 1.29 is 22.4 Å². The maximum atomic E-state index is 12.6. The first kappa shape index (κ1) is 18.4. The molecule has 1 aromatic rings. The summed E-state index contributed by atoms with van der Waals surface area (Å²) in [5, 5.41) is 0.